The van der Waals surface area contributed by atoms with Gasteiger partial charge in [-0.2, -0.15) is 0 Å². The van der Waals surface area contributed by atoms with Gasteiger partial charge >= 0.3 is 0 Å². The van der Waals surface area contributed by atoms with Crippen LogP contribution >= 0.6 is 11.3 Å². The minimum absolute atomic E-state index is 0.178. The summed E-state index contributed by atoms with van der Waals surface area (Å²) in [5, 5.41) is 5.38. The molecular formula is C22H22N2OS. The van der Waals surface area contributed by atoms with Crippen LogP contribution in [0.4, 0.5) is 5.13 Å². The van der Waals surface area contributed by atoms with Crippen LogP contribution in [-0.2, 0) is 4.79 Å². The topological polar surface area (TPSA) is 42.0 Å². The molecule has 0 radical (unpaired) electrons. The van der Waals surface area contributed by atoms with Crippen LogP contribution in [0.2, 0.25) is 0 Å². The average molecular weight is 362 g/mol. The fourth-order valence-electron chi connectivity index (χ4n) is 2.50. The van der Waals surface area contributed by atoms with Crippen molar-refractivity contribution in [3.8, 4) is 11.3 Å². The quantitative estimate of drug-likeness (QED) is 0.575. The number of carbonyl (C=O) groups is 1. The molecule has 3 nitrogen and oxygen atoms in total. The molecule has 0 aliphatic heterocycles. The zero-order chi connectivity index (χ0) is 18.5. The first-order chi connectivity index (χ1) is 12.5. The van der Waals surface area contributed by atoms with Crippen LogP contribution < -0.4 is 5.32 Å². The smallest absolute Gasteiger partial charge is 0.250 e. The third-order valence-corrected chi connectivity index (χ3v) is 4.87. The van der Waals surface area contributed by atoms with E-state index in [4.69, 9.17) is 0 Å². The Kier molecular flexibility index (Phi) is 5.64. The molecule has 1 heterocycles. The van der Waals surface area contributed by atoms with Gasteiger partial charge < -0.3 is 0 Å². The van der Waals surface area contributed by atoms with Crippen LogP contribution in [-0.4, -0.2) is 10.9 Å². The first-order valence-electron chi connectivity index (χ1n) is 8.63. The number of aromatic nitrogens is 1. The Morgan fingerprint density at radius 3 is 2.42 bits per heavy atom. The highest BCUT2D eigenvalue weighted by molar-refractivity contribution is 7.14. The summed E-state index contributed by atoms with van der Waals surface area (Å²) in [7, 11) is 0. The van der Waals surface area contributed by atoms with Gasteiger partial charge in [0.05, 0.1) is 5.69 Å². The highest BCUT2D eigenvalue weighted by atomic mass is 32.1. The van der Waals surface area contributed by atoms with Crippen LogP contribution in [0, 0.1) is 6.92 Å². The van der Waals surface area contributed by atoms with Crippen molar-refractivity contribution in [3.05, 3.63) is 76.7 Å². The monoisotopic (exact) mass is 362 g/mol. The second-order valence-electron chi connectivity index (χ2n) is 6.55. The lowest BCUT2D eigenvalue weighted by atomic mass is 10.0. The number of hydrogen-bond acceptors (Lipinski definition) is 3. The molecule has 0 spiro atoms. The van der Waals surface area contributed by atoms with Crippen molar-refractivity contribution in [1.29, 1.82) is 0 Å². The van der Waals surface area contributed by atoms with E-state index in [9.17, 15) is 4.79 Å². The van der Waals surface area contributed by atoms with Crippen LogP contribution in [0.3, 0.4) is 0 Å². The molecule has 3 aromatic rings. The summed E-state index contributed by atoms with van der Waals surface area (Å²) in [6.07, 6.45) is 3.35. The second-order valence-corrected chi connectivity index (χ2v) is 7.41. The van der Waals surface area contributed by atoms with Gasteiger partial charge in [-0.25, -0.2) is 4.98 Å². The molecule has 0 saturated carbocycles. The number of nitrogens with zero attached hydrogens (tertiary/aromatic N) is 1. The number of rotatable bonds is 5. The van der Waals surface area contributed by atoms with Gasteiger partial charge in [0, 0.05) is 17.0 Å². The molecule has 1 amide bonds. The third kappa shape index (κ3) is 4.67. The van der Waals surface area contributed by atoms with Crippen LogP contribution in [0.15, 0.2) is 60.0 Å². The predicted molar refractivity (Wildman–Crippen MR) is 110 cm³/mol. The first kappa shape index (κ1) is 18.1. The minimum atomic E-state index is -0.178. The van der Waals surface area contributed by atoms with E-state index in [0.717, 1.165) is 16.8 Å². The summed E-state index contributed by atoms with van der Waals surface area (Å²) >= 11 is 1.43. The van der Waals surface area contributed by atoms with E-state index in [2.05, 4.69) is 55.3 Å². The summed E-state index contributed by atoms with van der Waals surface area (Å²) in [4.78, 5) is 16.6. The first-order valence-corrected chi connectivity index (χ1v) is 9.51. The Hall–Kier alpha value is -2.72. The molecule has 0 atom stereocenters. The molecule has 0 aliphatic rings. The lowest BCUT2D eigenvalue weighted by Gasteiger charge is -2.04. The van der Waals surface area contributed by atoms with Gasteiger partial charge in [0.2, 0.25) is 5.91 Å². The summed E-state index contributed by atoms with van der Waals surface area (Å²) in [6, 6.07) is 16.4. The number of hydrogen-bond donors (Lipinski definition) is 1. The van der Waals surface area contributed by atoms with E-state index < -0.39 is 0 Å². The zero-order valence-corrected chi connectivity index (χ0v) is 16.0. The number of aryl methyl sites for hydroxylation is 1. The van der Waals surface area contributed by atoms with Crippen molar-refractivity contribution in [2.75, 3.05) is 5.32 Å². The Bertz CT molecular complexity index is 906. The summed E-state index contributed by atoms with van der Waals surface area (Å²) in [5.74, 6) is 0.326. The Morgan fingerprint density at radius 1 is 1.08 bits per heavy atom. The van der Waals surface area contributed by atoms with E-state index in [1.54, 1.807) is 0 Å². The van der Waals surface area contributed by atoms with Crippen LogP contribution in [0.5, 0.6) is 0 Å². The molecule has 1 N–H and O–H groups in total. The number of thiazole rings is 1. The van der Waals surface area contributed by atoms with E-state index in [-0.39, 0.29) is 5.91 Å². The standard InChI is InChI=1S/C22H22N2OS/c1-15(2)18-11-6-17(7-12-18)8-13-21(25)24-22-23-20(14-26-22)19-9-4-16(3)5-10-19/h4-15H,1-3H3,(H,23,24,25). The molecule has 26 heavy (non-hydrogen) atoms. The van der Waals surface area contributed by atoms with Crippen molar-refractivity contribution < 1.29 is 4.79 Å². The molecule has 0 fully saturated rings. The predicted octanol–water partition coefficient (Wildman–Crippen LogP) is 5.89. The molecule has 0 saturated heterocycles. The maximum Gasteiger partial charge on any atom is 0.250 e. The Morgan fingerprint density at radius 2 is 1.77 bits per heavy atom. The normalized spacial score (nSPS) is 11.2. The van der Waals surface area contributed by atoms with Gasteiger partial charge in [0.1, 0.15) is 0 Å². The summed E-state index contributed by atoms with van der Waals surface area (Å²) in [6.45, 7) is 6.38. The van der Waals surface area contributed by atoms with Gasteiger partial charge in [-0.15, -0.1) is 11.3 Å². The number of nitrogens with one attached hydrogen (secondary N) is 1. The highest BCUT2D eigenvalue weighted by Gasteiger charge is 2.06. The molecule has 0 aliphatic carbocycles. The van der Waals surface area contributed by atoms with Crippen LogP contribution in [0.1, 0.15) is 36.5 Å². The van der Waals surface area contributed by atoms with Crippen molar-refractivity contribution >= 4 is 28.5 Å². The Balaban J connectivity index is 1.62. The number of anilines is 1. The highest BCUT2D eigenvalue weighted by Crippen LogP contribution is 2.25. The summed E-state index contributed by atoms with van der Waals surface area (Å²) < 4.78 is 0. The fraction of sp³-hybridized carbons (Fsp3) is 0.182. The van der Waals surface area contributed by atoms with Gasteiger partial charge in [-0.3, -0.25) is 10.1 Å². The molecule has 0 unspecified atom stereocenters. The molecular weight excluding hydrogens is 340 g/mol. The Labute approximate surface area is 158 Å². The third-order valence-electron chi connectivity index (χ3n) is 4.11. The van der Waals surface area contributed by atoms with Gasteiger partial charge in [-0.1, -0.05) is 67.9 Å². The van der Waals surface area contributed by atoms with E-state index in [0.29, 0.717) is 11.0 Å². The summed E-state index contributed by atoms with van der Waals surface area (Å²) in [5.41, 5.74) is 5.43. The average Bonchev–Trinajstić information content (AvgIpc) is 3.09. The van der Waals surface area contributed by atoms with Gasteiger partial charge in [0.15, 0.2) is 5.13 Å². The van der Waals surface area contributed by atoms with E-state index in [1.807, 2.05) is 35.7 Å². The molecule has 3 rings (SSSR count). The maximum absolute atomic E-state index is 12.1. The van der Waals surface area contributed by atoms with Crippen molar-refractivity contribution in [1.82, 2.24) is 4.98 Å². The maximum atomic E-state index is 12.1. The van der Waals surface area contributed by atoms with E-state index in [1.165, 1.54) is 28.5 Å². The lowest BCUT2D eigenvalue weighted by Crippen LogP contribution is -2.07. The second kappa shape index (κ2) is 8.11. The number of amides is 1. The molecule has 1 aromatic heterocycles. The number of benzene rings is 2. The van der Waals surface area contributed by atoms with Crippen molar-refractivity contribution in [2.24, 2.45) is 0 Å². The minimum Gasteiger partial charge on any atom is -0.298 e. The van der Waals surface area contributed by atoms with Gasteiger partial charge in [0.25, 0.3) is 0 Å². The molecule has 0 bridgehead atoms. The van der Waals surface area contributed by atoms with Crippen molar-refractivity contribution in [2.45, 2.75) is 26.7 Å². The van der Waals surface area contributed by atoms with Crippen molar-refractivity contribution in [3.63, 3.8) is 0 Å². The zero-order valence-electron chi connectivity index (χ0n) is 15.2. The number of carbonyl (C=O) groups excluding carboxylic acids is 1. The molecule has 4 heteroatoms. The SMILES string of the molecule is Cc1ccc(-c2csc(NC(=O)C=Cc3ccc(C(C)C)cc3)n2)cc1. The van der Waals surface area contributed by atoms with E-state index >= 15 is 0 Å². The fourth-order valence-corrected chi connectivity index (χ4v) is 3.22. The molecule has 2 aromatic carbocycles. The van der Waals surface area contributed by atoms with Gasteiger partial charge in [-0.05, 0) is 30.0 Å². The molecule has 132 valence electrons. The lowest BCUT2D eigenvalue weighted by molar-refractivity contribution is -0.111. The van der Waals surface area contributed by atoms with Crippen LogP contribution in [0.25, 0.3) is 17.3 Å². The largest absolute Gasteiger partial charge is 0.298 e.